The smallest absolute Gasteiger partial charge is 0.318 e. The van der Waals surface area contributed by atoms with Gasteiger partial charge in [0.25, 0.3) is 0 Å². The quantitative estimate of drug-likeness (QED) is 0.622. The molecule has 8 nitrogen and oxygen atoms in total. The van der Waals surface area contributed by atoms with Gasteiger partial charge in [-0.3, -0.25) is 9.59 Å². The van der Waals surface area contributed by atoms with Gasteiger partial charge in [-0.2, -0.15) is 0 Å². The summed E-state index contributed by atoms with van der Waals surface area (Å²) in [5.74, 6) is -2.09. The highest BCUT2D eigenvalue weighted by atomic mass is 16.5. The number of hydrogen-bond acceptors (Lipinski definition) is 4. The standard InChI is InChI=1S/C12H19N3O5/c13-10(16)9-6-20-5-4-15(9)12(19)14-8-3-1-2-7(8)11(17)18/h7-9H,1-6H2,(H2,13,16)(H,14,19)(H,17,18). The number of rotatable bonds is 3. The van der Waals surface area contributed by atoms with Crippen LogP contribution in [0, 0.1) is 5.92 Å². The van der Waals surface area contributed by atoms with Crippen molar-refractivity contribution in [2.24, 2.45) is 11.7 Å². The van der Waals surface area contributed by atoms with E-state index in [1.165, 1.54) is 4.90 Å². The van der Waals surface area contributed by atoms with Crippen LogP contribution < -0.4 is 11.1 Å². The molecule has 0 aromatic carbocycles. The molecule has 1 saturated carbocycles. The lowest BCUT2D eigenvalue weighted by Crippen LogP contribution is -2.59. The van der Waals surface area contributed by atoms with Gasteiger partial charge in [-0.05, 0) is 12.8 Å². The third-order valence-corrected chi connectivity index (χ3v) is 3.86. The van der Waals surface area contributed by atoms with Crippen LogP contribution in [0.3, 0.4) is 0 Å². The van der Waals surface area contributed by atoms with Gasteiger partial charge in [-0.25, -0.2) is 4.79 Å². The molecule has 1 saturated heterocycles. The molecular weight excluding hydrogens is 266 g/mol. The van der Waals surface area contributed by atoms with Crippen LogP contribution in [0.15, 0.2) is 0 Å². The second-order valence-corrected chi connectivity index (χ2v) is 5.12. The summed E-state index contributed by atoms with van der Waals surface area (Å²) in [7, 11) is 0. The fraction of sp³-hybridized carbons (Fsp3) is 0.750. The van der Waals surface area contributed by atoms with Gasteiger partial charge in [-0.15, -0.1) is 0 Å². The molecule has 20 heavy (non-hydrogen) atoms. The van der Waals surface area contributed by atoms with Gasteiger partial charge >= 0.3 is 12.0 Å². The molecule has 3 atom stereocenters. The first-order valence-corrected chi connectivity index (χ1v) is 6.67. The molecule has 1 heterocycles. The summed E-state index contributed by atoms with van der Waals surface area (Å²) >= 11 is 0. The second kappa shape index (κ2) is 6.08. The van der Waals surface area contributed by atoms with Crippen LogP contribution in [0.4, 0.5) is 4.79 Å². The normalized spacial score (nSPS) is 30.0. The largest absolute Gasteiger partial charge is 0.481 e. The molecule has 0 radical (unpaired) electrons. The number of ether oxygens (including phenoxy) is 1. The highest BCUT2D eigenvalue weighted by molar-refractivity contribution is 5.86. The van der Waals surface area contributed by atoms with Crippen molar-refractivity contribution >= 4 is 17.9 Å². The molecular formula is C12H19N3O5. The molecule has 3 unspecified atom stereocenters. The summed E-state index contributed by atoms with van der Waals surface area (Å²) in [6.07, 6.45) is 1.96. The number of carboxylic acids is 1. The summed E-state index contributed by atoms with van der Waals surface area (Å²) in [6.45, 7) is 0.684. The van der Waals surface area contributed by atoms with Gasteiger partial charge in [-0.1, -0.05) is 6.42 Å². The summed E-state index contributed by atoms with van der Waals surface area (Å²) < 4.78 is 5.14. The van der Waals surface area contributed by atoms with Crippen LogP contribution in [0.25, 0.3) is 0 Å². The SMILES string of the molecule is NC(=O)C1COCCN1C(=O)NC1CCCC1C(=O)O. The van der Waals surface area contributed by atoms with E-state index in [0.29, 0.717) is 19.4 Å². The van der Waals surface area contributed by atoms with E-state index in [9.17, 15) is 14.4 Å². The molecule has 2 fully saturated rings. The first kappa shape index (κ1) is 14.6. The van der Waals surface area contributed by atoms with Crippen LogP contribution >= 0.6 is 0 Å². The Morgan fingerprint density at radius 2 is 2.05 bits per heavy atom. The zero-order chi connectivity index (χ0) is 14.7. The number of morpholine rings is 1. The van der Waals surface area contributed by atoms with Gasteiger partial charge < -0.3 is 25.8 Å². The van der Waals surface area contributed by atoms with Crippen LogP contribution in [0.1, 0.15) is 19.3 Å². The summed E-state index contributed by atoms with van der Waals surface area (Å²) in [5.41, 5.74) is 5.24. The summed E-state index contributed by atoms with van der Waals surface area (Å²) in [4.78, 5) is 35.9. The Balaban J connectivity index is 1.99. The predicted molar refractivity (Wildman–Crippen MR) is 67.8 cm³/mol. The number of carboxylic acid groups (broad SMARTS) is 1. The lowest BCUT2D eigenvalue weighted by Gasteiger charge is -2.34. The average molecular weight is 285 g/mol. The number of urea groups is 1. The molecule has 2 aliphatic rings. The molecule has 112 valence electrons. The van der Waals surface area contributed by atoms with E-state index >= 15 is 0 Å². The molecule has 4 N–H and O–H groups in total. The number of hydrogen-bond donors (Lipinski definition) is 3. The Morgan fingerprint density at radius 3 is 2.70 bits per heavy atom. The van der Waals surface area contributed by atoms with Crippen molar-refractivity contribution in [1.82, 2.24) is 10.2 Å². The van der Waals surface area contributed by atoms with Crippen molar-refractivity contribution in [1.29, 1.82) is 0 Å². The predicted octanol–water partition coefficient (Wildman–Crippen LogP) is -0.865. The molecule has 8 heteroatoms. The number of carbonyl (C=O) groups is 3. The molecule has 0 aromatic heterocycles. The number of primary amides is 1. The van der Waals surface area contributed by atoms with E-state index in [-0.39, 0.29) is 13.2 Å². The average Bonchev–Trinajstić information content (AvgIpc) is 2.87. The van der Waals surface area contributed by atoms with Crippen molar-refractivity contribution in [2.75, 3.05) is 19.8 Å². The van der Waals surface area contributed by atoms with Crippen LogP contribution in [-0.2, 0) is 14.3 Å². The molecule has 0 bridgehead atoms. The number of nitrogens with two attached hydrogens (primary N) is 1. The Labute approximate surface area is 116 Å². The number of amides is 3. The molecule has 2 rings (SSSR count). The number of carbonyl (C=O) groups excluding carboxylic acids is 2. The molecule has 1 aliphatic heterocycles. The van der Waals surface area contributed by atoms with Crippen molar-refractivity contribution < 1.29 is 24.2 Å². The van der Waals surface area contributed by atoms with Gasteiger partial charge in [0.05, 0.1) is 19.1 Å². The number of nitrogens with one attached hydrogen (secondary N) is 1. The van der Waals surface area contributed by atoms with E-state index in [1.807, 2.05) is 0 Å². The van der Waals surface area contributed by atoms with Crippen molar-refractivity contribution in [3.05, 3.63) is 0 Å². The van der Waals surface area contributed by atoms with Crippen molar-refractivity contribution in [2.45, 2.75) is 31.3 Å². The van der Waals surface area contributed by atoms with E-state index < -0.39 is 35.9 Å². The fourth-order valence-electron chi connectivity index (χ4n) is 2.75. The highest BCUT2D eigenvalue weighted by Crippen LogP contribution is 2.26. The Hall–Kier alpha value is -1.83. The Bertz CT molecular complexity index is 414. The maximum Gasteiger partial charge on any atom is 0.318 e. The zero-order valence-electron chi connectivity index (χ0n) is 11.1. The van der Waals surface area contributed by atoms with E-state index in [1.54, 1.807) is 0 Å². The molecule has 1 aliphatic carbocycles. The first-order valence-electron chi connectivity index (χ1n) is 6.67. The maximum absolute atomic E-state index is 12.2. The van der Waals surface area contributed by atoms with Crippen LogP contribution in [0.5, 0.6) is 0 Å². The lowest BCUT2D eigenvalue weighted by molar-refractivity contribution is -0.142. The second-order valence-electron chi connectivity index (χ2n) is 5.12. The van der Waals surface area contributed by atoms with E-state index in [0.717, 1.165) is 6.42 Å². The van der Waals surface area contributed by atoms with Gasteiger partial charge in [0.2, 0.25) is 5.91 Å². The van der Waals surface area contributed by atoms with Gasteiger partial charge in [0, 0.05) is 12.6 Å². The molecule has 3 amide bonds. The highest BCUT2D eigenvalue weighted by Gasteiger charge is 2.37. The number of nitrogens with zero attached hydrogens (tertiary/aromatic N) is 1. The summed E-state index contributed by atoms with van der Waals surface area (Å²) in [5, 5.41) is 11.8. The number of aliphatic carboxylic acids is 1. The van der Waals surface area contributed by atoms with E-state index in [2.05, 4.69) is 5.32 Å². The minimum atomic E-state index is -0.902. The maximum atomic E-state index is 12.2. The lowest BCUT2D eigenvalue weighted by atomic mass is 10.0. The molecule has 0 aromatic rings. The third-order valence-electron chi connectivity index (χ3n) is 3.86. The summed E-state index contributed by atoms with van der Waals surface area (Å²) in [6, 6.07) is -1.64. The minimum Gasteiger partial charge on any atom is -0.481 e. The van der Waals surface area contributed by atoms with E-state index in [4.69, 9.17) is 15.6 Å². The van der Waals surface area contributed by atoms with Gasteiger partial charge in [0.1, 0.15) is 6.04 Å². The van der Waals surface area contributed by atoms with Crippen LogP contribution in [-0.4, -0.2) is 59.8 Å². The monoisotopic (exact) mass is 285 g/mol. The fourth-order valence-corrected chi connectivity index (χ4v) is 2.75. The Morgan fingerprint density at radius 1 is 1.30 bits per heavy atom. The third kappa shape index (κ3) is 3.01. The molecule has 0 spiro atoms. The zero-order valence-corrected chi connectivity index (χ0v) is 11.1. The Kier molecular flexibility index (Phi) is 4.43. The van der Waals surface area contributed by atoms with Gasteiger partial charge in [0.15, 0.2) is 0 Å². The first-order chi connectivity index (χ1) is 9.50. The van der Waals surface area contributed by atoms with Crippen LogP contribution in [0.2, 0.25) is 0 Å². The van der Waals surface area contributed by atoms with Crippen molar-refractivity contribution in [3.63, 3.8) is 0 Å². The topological polar surface area (TPSA) is 122 Å². The minimum absolute atomic E-state index is 0.0791. The van der Waals surface area contributed by atoms with Crippen molar-refractivity contribution in [3.8, 4) is 0 Å².